The number of hydrogen-bond acceptors (Lipinski definition) is 4. The van der Waals surface area contributed by atoms with Gasteiger partial charge in [-0.05, 0) is 50.2 Å². The molecule has 0 radical (unpaired) electrons. The Labute approximate surface area is 112 Å². The smallest absolute Gasteiger partial charge is 0.192 e. The standard InChI is InChI=1S/C14H17N3S/c1-9-8-10(2)17-14(16-9)18-13-7-5-4-6-12(13)11(3)15/h4-8,11H,15H2,1-3H3/t11-/m1/s1. The molecule has 0 unspecified atom stereocenters. The molecule has 2 rings (SSSR count). The third kappa shape index (κ3) is 3.09. The van der Waals surface area contributed by atoms with Crippen LogP contribution >= 0.6 is 11.8 Å². The van der Waals surface area contributed by atoms with Crippen LogP contribution in [0.1, 0.15) is 29.9 Å². The molecule has 0 amide bonds. The molecule has 0 saturated heterocycles. The van der Waals surface area contributed by atoms with Crippen molar-refractivity contribution >= 4 is 11.8 Å². The van der Waals surface area contributed by atoms with E-state index in [0.717, 1.165) is 27.0 Å². The van der Waals surface area contributed by atoms with Crippen LogP contribution < -0.4 is 5.73 Å². The van der Waals surface area contributed by atoms with Crippen molar-refractivity contribution in [3.63, 3.8) is 0 Å². The lowest BCUT2D eigenvalue weighted by atomic mass is 10.1. The van der Waals surface area contributed by atoms with Gasteiger partial charge in [0.15, 0.2) is 5.16 Å². The van der Waals surface area contributed by atoms with Gasteiger partial charge in [0, 0.05) is 22.3 Å². The van der Waals surface area contributed by atoms with E-state index in [4.69, 9.17) is 5.73 Å². The van der Waals surface area contributed by atoms with Gasteiger partial charge in [-0.15, -0.1) is 0 Å². The van der Waals surface area contributed by atoms with Crippen LogP contribution in [-0.4, -0.2) is 9.97 Å². The van der Waals surface area contributed by atoms with Crippen LogP contribution in [0.2, 0.25) is 0 Å². The molecule has 1 aromatic carbocycles. The third-order valence-electron chi connectivity index (χ3n) is 2.57. The lowest BCUT2D eigenvalue weighted by molar-refractivity contribution is 0.796. The zero-order valence-corrected chi connectivity index (χ0v) is 11.7. The molecule has 2 N–H and O–H groups in total. The van der Waals surface area contributed by atoms with Crippen LogP contribution in [0, 0.1) is 13.8 Å². The van der Waals surface area contributed by atoms with E-state index in [9.17, 15) is 0 Å². The second-order valence-electron chi connectivity index (χ2n) is 4.36. The highest BCUT2D eigenvalue weighted by Crippen LogP contribution is 2.30. The monoisotopic (exact) mass is 259 g/mol. The maximum atomic E-state index is 5.97. The second kappa shape index (κ2) is 5.50. The van der Waals surface area contributed by atoms with Crippen LogP contribution in [-0.2, 0) is 0 Å². The summed E-state index contributed by atoms with van der Waals surface area (Å²) in [5, 5.41) is 0.778. The minimum absolute atomic E-state index is 0.0135. The number of aromatic nitrogens is 2. The molecule has 2 aromatic rings. The fraction of sp³-hybridized carbons (Fsp3) is 0.286. The molecular formula is C14H17N3S. The van der Waals surface area contributed by atoms with E-state index in [2.05, 4.69) is 22.1 Å². The Kier molecular flexibility index (Phi) is 3.99. The average molecular weight is 259 g/mol. The summed E-state index contributed by atoms with van der Waals surface area (Å²) in [7, 11) is 0. The Morgan fingerprint density at radius 2 is 1.72 bits per heavy atom. The molecule has 1 atom stereocenters. The normalized spacial score (nSPS) is 12.4. The summed E-state index contributed by atoms with van der Waals surface area (Å²) in [5.41, 5.74) is 9.08. The molecule has 18 heavy (non-hydrogen) atoms. The van der Waals surface area contributed by atoms with Gasteiger partial charge in [-0.25, -0.2) is 9.97 Å². The molecule has 1 aromatic heterocycles. The summed E-state index contributed by atoms with van der Waals surface area (Å²) >= 11 is 1.57. The fourth-order valence-corrected chi connectivity index (χ4v) is 2.88. The van der Waals surface area contributed by atoms with Gasteiger partial charge >= 0.3 is 0 Å². The lowest BCUT2D eigenvalue weighted by Gasteiger charge is -2.11. The minimum Gasteiger partial charge on any atom is -0.324 e. The molecule has 94 valence electrons. The minimum atomic E-state index is 0.0135. The van der Waals surface area contributed by atoms with E-state index in [1.54, 1.807) is 11.8 Å². The molecule has 1 heterocycles. The van der Waals surface area contributed by atoms with E-state index >= 15 is 0 Å². The van der Waals surface area contributed by atoms with Crippen LogP contribution in [0.15, 0.2) is 40.4 Å². The van der Waals surface area contributed by atoms with E-state index < -0.39 is 0 Å². The summed E-state index contributed by atoms with van der Waals surface area (Å²) < 4.78 is 0. The van der Waals surface area contributed by atoms with Crippen LogP contribution in [0.5, 0.6) is 0 Å². The zero-order chi connectivity index (χ0) is 13.1. The highest BCUT2D eigenvalue weighted by Gasteiger charge is 2.09. The number of aryl methyl sites for hydroxylation is 2. The summed E-state index contributed by atoms with van der Waals surface area (Å²) in [4.78, 5) is 10.0. The predicted octanol–water partition coefficient (Wildman–Crippen LogP) is 3.26. The first kappa shape index (κ1) is 13.1. The molecule has 0 saturated carbocycles. The van der Waals surface area contributed by atoms with Crippen molar-refractivity contribution in [2.45, 2.75) is 36.9 Å². The van der Waals surface area contributed by atoms with Gasteiger partial charge in [0.2, 0.25) is 0 Å². The van der Waals surface area contributed by atoms with Crippen molar-refractivity contribution in [3.05, 3.63) is 47.3 Å². The summed E-state index contributed by atoms with van der Waals surface area (Å²) in [6.45, 7) is 5.95. The topological polar surface area (TPSA) is 51.8 Å². The van der Waals surface area contributed by atoms with E-state index in [1.165, 1.54) is 0 Å². The Bertz CT molecular complexity index is 532. The van der Waals surface area contributed by atoms with Crippen molar-refractivity contribution in [3.8, 4) is 0 Å². The van der Waals surface area contributed by atoms with Crippen molar-refractivity contribution in [2.24, 2.45) is 5.73 Å². The molecule has 3 nitrogen and oxygen atoms in total. The molecule has 0 aliphatic heterocycles. The first-order chi connectivity index (χ1) is 8.56. The van der Waals surface area contributed by atoms with E-state index in [-0.39, 0.29) is 6.04 Å². The second-order valence-corrected chi connectivity index (χ2v) is 5.37. The van der Waals surface area contributed by atoms with Gasteiger partial charge in [0.25, 0.3) is 0 Å². The zero-order valence-electron chi connectivity index (χ0n) is 10.8. The van der Waals surface area contributed by atoms with Crippen molar-refractivity contribution in [2.75, 3.05) is 0 Å². The number of nitrogens with two attached hydrogens (primary N) is 1. The first-order valence-electron chi connectivity index (χ1n) is 5.91. The van der Waals surface area contributed by atoms with Crippen LogP contribution in [0.25, 0.3) is 0 Å². The molecule has 0 bridgehead atoms. The van der Waals surface area contributed by atoms with Crippen molar-refractivity contribution in [1.29, 1.82) is 0 Å². The average Bonchev–Trinajstić information content (AvgIpc) is 2.27. The molecular weight excluding hydrogens is 242 g/mol. The van der Waals surface area contributed by atoms with Crippen molar-refractivity contribution < 1.29 is 0 Å². The third-order valence-corrected chi connectivity index (χ3v) is 3.53. The fourth-order valence-electron chi connectivity index (χ4n) is 1.79. The molecule has 0 spiro atoms. The highest BCUT2D eigenvalue weighted by molar-refractivity contribution is 7.99. The number of rotatable bonds is 3. The van der Waals surface area contributed by atoms with Gasteiger partial charge in [-0.2, -0.15) is 0 Å². The molecule has 0 fully saturated rings. The van der Waals surface area contributed by atoms with E-state index in [1.807, 2.05) is 39.0 Å². The van der Waals surface area contributed by atoms with Gasteiger partial charge in [0.05, 0.1) is 0 Å². The van der Waals surface area contributed by atoms with Crippen molar-refractivity contribution in [1.82, 2.24) is 9.97 Å². The molecule has 0 aliphatic carbocycles. The number of hydrogen-bond donors (Lipinski definition) is 1. The Morgan fingerprint density at radius 3 is 2.33 bits per heavy atom. The van der Waals surface area contributed by atoms with Gasteiger partial charge < -0.3 is 5.73 Å². The Morgan fingerprint density at radius 1 is 1.11 bits per heavy atom. The summed E-state index contributed by atoms with van der Waals surface area (Å²) in [5.74, 6) is 0. The van der Waals surface area contributed by atoms with E-state index in [0.29, 0.717) is 0 Å². The Hall–Kier alpha value is -1.39. The number of nitrogens with zero attached hydrogens (tertiary/aromatic N) is 2. The first-order valence-corrected chi connectivity index (χ1v) is 6.72. The lowest BCUT2D eigenvalue weighted by Crippen LogP contribution is -2.06. The largest absolute Gasteiger partial charge is 0.324 e. The summed E-state index contributed by atoms with van der Waals surface area (Å²) in [6, 6.07) is 10.1. The Balaban J connectivity index is 2.34. The quantitative estimate of drug-likeness (QED) is 0.860. The van der Waals surface area contributed by atoms with Gasteiger partial charge in [0.1, 0.15) is 0 Å². The molecule has 4 heteroatoms. The van der Waals surface area contributed by atoms with Crippen LogP contribution in [0.3, 0.4) is 0 Å². The maximum absolute atomic E-state index is 5.97. The number of benzene rings is 1. The van der Waals surface area contributed by atoms with Gasteiger partial charge in [-0.3, -0.25) is 0 Å². The maximum Gasteiger partial charge on any atom is 0.192 e. The van der Waals surface area contributed by atoms with Gasteiger partial charge in [-0.1, -0.05) is 18.2 Å². The summed E-state index contributed by atoms with van der Waals surface area (Å²) in [6.07, 6.45) is 0. The van der Waals surface area contributed by atoms with Crippen LogP contribution in [0.4, 0.5) is 0 Å². The SMILES string of the molecule is Cc1cc(C)nc(Sc2ccccc2[C@@H](C)N)n1. The molecule has 0 aliphatic rings. The predicted molar refractivity (Wildman–Crippen MR) is 74.7 cm³/mol. The highest BCUT2D eigenvalue weighted by atomic mass is 32.2.